The van der Waals surface area contributed by atoms with Crippen LogP contribution in [0.4, 0.5) is 5.82 Å². The van der Waals surface area contributed by atoms with Crippen LogP contribution in [-0.4, -0.2) is 44.2 Å². The van der Waals surface area contributed by atoms with Gasteiger partial charge in [-0.05, 0) is 58.5 Å². The Morgan fingerprint density at radius 1 is 1.10 bits per heavy atom. The number of carbonyl (C=O) groups is 1. The molecule has 0 atom stereocenters. The zero-order chi connectivity index (χ0) is 20.1. The van der Waals surface area contributed by atoms with E-state index in [1.807, 2.05) is 36.5 Å². The minimum atomic E-state index is -0.0192. The fraction of sp³-hybridized carbons (Fsp3) is 0.381. The molecule has 1 aliphatic heterocycles. The number of piperidine rings is 1. The van der Waals surface area contributed by atoms with E-state index >= 15 is 0 Å². The van der Waals surface area contributed by atoms with Crippen molar-refractivity contribution < 1.29 is 4.79 Å². The molecule has 150 valence electrons. The number of hydrogen-bond acceptors (Lipinski definition) is 6. The van der Waals surface area contributed by atoms with Crippen molar-refractivity contribution in [1.29, 1.82) is 0 Å². The summed E-state index contributed by atoms with van der Waals surface area (Å²) in [7, 11) is 0. The molecule has 1 fully saturated rings. The Morgan fingerprint density at radius 2 is 1.86 bits per heavy atom. The highest BCUT2D eigenvalue weighted by molar-refractivity contribution is 5.78. The van der Waals surface area contributed by atoms with E-state index in [0.29, 0.717) is 13.0 Å². The predicted molar refractivity (Wildman–Crippen MR) is 110 cm³/mol. The molecule has 0 aliphatic carbocycles. The number of hydrogen-bond donors (Lipinski definition) is 1. The van der Waals surface area contributed by atoms with Gasteiger partial charge in [0.15, 0.2) is 0 Å². The van der Waals surface area contributed by atoms with Gasteiger partial charge in [-0.25, -0.2) is 9.67 Å². The highest BCUT2D eigenvalue weighted by Gasteiger charge is 2.16. The summed E-state index contributed by atoms with van der Waals surface area (Å²) in [5.41, 5.74) is 2.79. The van der Waals surface area contributed by atoms with Crippen molar-refractivity contribution in [3.8, 4) is 5.69 Å². The molecule has 8 nitrogen and oxygen atoms in total. The normalized spacial score (nSPS) is 14.7. The third kappa shape index (κ3) is 4.96. The Kier molecular flexibility index (Phi) is 5.79. The van der Waals surface area contributed by atoms with E-state index in [-0.39, 0.29) is 5.91 Å². The third-order valence-corrected chi connectivity index (χ3v) is 5.32. The van der Waals surface area contributed by atoms with Crippen molar-refractivity contribution in [1.82, 2.24) is 30.5 Å². The number of aromatic nitrogens is 5. The van der Waals surface area contributed by atoms with Gasteiger partial charge < -0.3 is 10.2 Å². The van der Waals surface area contributed by atoms with E-state index in [2.05, 4.69) is 43.7 Å². The molecule has 3 heterocycles. The number of amides is 1. The number of nitrogens with one attached hydrogen (secondary N) is 1. The lowest BCUT2D eigenvalue weighted by atomic mass is 9.99. The maximum Gasteiger partial charge on any atom is 0.224 e. The van der Waals surface area contributed by atoms with Crippen molar-refractivity contribution in [3.05, 3.63) is 60.0 Å². The molecule has 3 aromatic rings. The Bertz CT molecular complexity index is 915. The minimum absolute atomic E-state index is 0.0192. The van der Waals surface area contributed by atoms with Gasteiger partial charge in [0.25, 0.3) is 0 Å². The molecule has 8 heteroatoms. The van der Waals surface area contributed by atoms with Crippen molar-refractivity contribution in [2.75, 3.05) is 18.0 Å². The summed E-state index contributed by atoms with van der Waals surface area (Å²) >= 11 is 0. The molecule has 1 amide bonds. The first-order chi connectivity index (χ1) is 14.2. The quantitative estimate of drug-likeness (QED) is 0.693. The molecule has 29 heavy (non-hydrogen) atoms. The van der Waals surface area contributed by atoms with Crippen molar-refractivity contribution in [2.24, 2.45) is 5.92 Å². The molecule has 0 spiro atoms. The molecule has 2 aromatic heterocycles. The molecule has 4 rings (SSSR count). The number of anilines is 1. The van der Waals surface area contributed by atoms with Gasteiger partial charge in [0.05, 0.1) is 12.1 Å². The van der Waals surface area contributed by atoms with Gasteiger partial charge >= 0.3 is 0 Å². The van der Waals surface area contributed by atoms with Crippen LogP contribution in [0.3, 0.4) is 0 Å². The largest absolute Gasteiger partial charge is 0.357 e. The average molecular weight is 391 g/mol. The second-order valence-electron chi connectivity index (χ2n) is 7.57. The van der Waals surface area contributed by atoms with Gasteiger partial charge in [-0.3, -0.25) is 4.79 Å². The smallest absolute Gasteiger partial charge is 0.224 e. The van der Waals surface area contributed by atoms with E-state index in [1.165, 1.54) is 19.2 Å². The number of nitrogens with zero attached hydrogens (tertiary/aromatic N) is 6. The standard InChI is InChI=1S/C21H25N7O/c1-16-8-10-27(11-9-16)20-7-4-18(13-22-20)14-23-21(29)12-17-2-5-19(6-3-17)28-15-24-25-26-28/h2-7,13,15-16H,8-12,14H2,1H3,(H,23,29). The monoisotopic (exact) mass is 391 g/mol. The van der Waals surface area contributed by atoms with E-state index in [9.17, 15) is 4.79 Å². The number of rotatable bonds is 6. The number of pyridine rings is 1. The predicted octanol–water partition coefficient (Wildman–Crippen LogP) is 2.15. The van der Waals surface area contributed by atoms with Crippen LogP contribution >= 0.6 is 0 Å². The molecular formula is C21H25N7O. The number of tetrazole rings is 1. The van der Waals surface area contributed by atoms with Crippen molar-refractivity contribution >= 4 is 11.7 Å². The van der Waals surface area contributed by atoms with Gasteiger partial charge in [-0.2, -0.15) is 0 Å². The zero-order valence-corrected chi connectivity index (χ0v) is 16.5. The summed E-state index contributed by atoms with van der Waals surface area (Å²) in [5.74, 6) is 1.81. The van der Waals surface area contributed by atoms with Crippen LogP contribution < -0.4 is 10.2 Å². The van der Waals surface area contributed by atoms with Gasteiger partial charge in [0.1, 0.15) is 12.1 Å². The average Bonchev–Trinajstić information content (AvgIpc) is 3.29. The lowest BCUT2D eigenvalue weighted by Crippen LogP contribution is -2.33. The fourth-order valence-corrected chi connectivity index (χ4v) is 3.44. The maximum absolute atomic E-state index is 12.3. The Hall–Kier alpha value is -3.29. The highest BCUT2D eigenvalue weighted by Crippen LogP contribution is 2.21. The summed E-state index contributed by atoms with van der Waals surface area (Å²) in [6.45, 7) is 4.91. The summed E-state index contributed by atoms with van der Waals surface area (Å²) < 4.78 is 1.57. The Labute approximate surface area is 169 Å². The third-order valence-electron chi connectivity index (χ3n) is 5.32. The van der Waals surface area contributed by atoms with E-state index in [1.54, 1.807) is 4.68 Å². The summed E-state index contributed by atoms with van der Waals surface area (Å²) in [6.07, 6.45) is 6.15. The minimum Gasteiger partial charge on any atom is -0.357 e. The second kappa shape index (κ2) is 8.81. The molecule has 1 N–H and O–H groups in total. The molecule has 0 saturated carbocycles. The molecule has 1 aliphatic rings. The van der Waals surface area contributed by atoms with Crippen LogP contribution in [0.15, 0.2) is 48.9 Å². The molecule has 0 bridgehead atoms. The van der Waals surface area contributed by atoms with Crippen molar-refractivity contribution in [2.45, 2.75) is 32.7 Å². The Morgan fingerprint density at radius 3 is 2.52 bits per heavy atom. The number of carbonyl (C=O) groups excluding carboxylic acids is 1. The maximum atomic E-state index is 12.3. The lowest BCUT2D eigenvalue weighted by molar-refractivity contribution is -0.120. The zero-order valence-electron chi connectivity index (χ0n) is 16.5. The molecule has 0 unspecified atom stereocenters. The SMILES string of the molecule is CC1CCN(c2ccc(CNC(=O)Cc3ccc(-n4cnnn4)cc3)cn2)CC1. The topological polar surface area (TPSA) is 88.8 Å². The van der Waals surface area contributed by atoms with Gasteiger partial charge in [0.2, 0.25) is 5.91 Å². The van der Waals surface area contributed by atoms with Crippen LogP contribution in [0, 0.1) is 5.92 Å². The van der Waals surface area contributed by atoms with Crippen LogP contribution in [0.2, 0.25) is 0 Å². The summed E-state index contributed by atoms with van der Waals surface area (Å²) in [5, 5.41) is 14.0. The molecule has 1 saturated heterocycles. The van der Waals surface area contributed by atoms with Crippen LogP contribution in [-0.2, 0) is 17.8 Å². The first-order valence-electron chi connectivity index (χ1n) is 9.96. The van der Waals surface area contributed by atoms with Crippen LogP contribution in [0.5, 0.6) is 0 Å². The lowest BCUT2D eigenvalue weighted by Gasteiger charge is -2.31. The van der Waals surface area contributed by atoms with E-state index in [4.69, 9.17) is 0 Å². The van der Waals surface area contributed by atoms with Gasteiger partial charge in [-0.1, -0.05) is 25.1 Å². The first kappa shape index (κ1) is 19.0. The van der Waals surface area contributed by atoms with Crippen LogP contribution in [0.25, 0.3) is 5.69 Å². The fourth-order valence-electron chi connectivity index (χ4n) is 3.44. The van der Waals surface area contributed by atoms with Gasteiger partial charge in [0, 0.05) is 25.8 Å². The molecule has 1 aromatic carbocycles. The van der Waals surface area contributed by atoms with Crippen molar-refractivity contribution in [3.63, 3.8) is 0 Å². The molecular weight excluding hydrogens is 366 g/mol. The van der Waals surface area contributed by atoms with E-state index in [0.717, 1.165) is 41.6 Å². The summed E-state index contributed by atoms with van der Waals surface area (Å²) in [4.78, 5) is 19.2. The second-order valence-corrected chi connectivity index (χ2v) is 7.57. The van der Waals surface area contributed by atoms with E-state index < -0.39 is 0 Å². The first-order valence-corrected chi connectivity index (χ1v) is 9.96. The Balaban J connectivity index is 1.26. The summed E-state index contributed by atoms with van der Waals surface area (Å²) in [6, 6.07) is 11.7. The number of benzene rings is 1. The van der Waals surface area contributed by atoms with Crippen LogP contribution in [0.1, 0.15) is 30.9 Å². The van der Waals surface area contributed by atoms with Gasteiger partial charge in [-0.15, -0.1) is 5.10 Å². The molecule has 0 radical (unpaired) electrons. The highest BCUT2D eigenvalue weighted by atomic mass is 16.1.